The highest BCUT2D eigenvalue weighted by atomic mass is 35.5. The van der Waals surface area contributed by atoms with E-state index in [1.165, 1.54) is 16.2 Å². The maximum absolute atomic E-state index is 13.4. The molecule has 3 aromatic carbocycles. The maximum Gasteiger partial charge on any atom is 0.301 e. The largest absolute Gasteiger partial charge is 0.507 e. The lowest BCUT2D eigenvalue weighted by Crippen LogP contribution is -2.29. The van der Waals surface area contributed by atoms with Gasteiger partial charge in [0.25, 0.3) is 5.78 Å². The second-order valence-electron chi connectivity index (χ2n) is 8.32. The monoisotopic (exact) mass is 516 g/mol. The minimum absolute atomic E-state index is 0.0290. The first kappa shape index (κ1) is 23.8. The van der Waals surface area contributed by atoms with Crippen LogP contribution in [0.5, 0.6) is 5.75 Å². The fourth-order valence-electron chi connectivity index (χ4n) is 4.16. The number of Topliss-reactive ketones (excluding diaryl/α,β-unsaturated/α-hetero) is 1. The molecule has 0 spiro atoms. The van der Waals surface area contributed by atoms with Crippen molar-refractivity contribution in [1.82, 2.24) is 4.98 Å². The highest BCUT2D eigenvalue weighted by Gasteiger charge is 2.48. The summed E-state index contributed by atoms with van der Waals surface area (Å²) in [6.45, 7) is 5.95. The summed E-state index contributed by atoms with van der Waals surface area (Å²) >= 11 is 7.33. The zero-order valence-corrected chi connectivity index (χ0v) is 20.8. The van der Waals surface area contributed by atoms with Crippen molar-refractivity contribution >= 4 is 55.7 Å². The molecule has 180 valence electrons. The van der Waals surface area contributed by atoms with Crippen molar-refractivity contribution < 1.29 is 19.4 Å². The molecule has 0 aliphatic carbocycles. The quantitative estimate of drug-likeness (QED) is 0.138. The van der Waals surface area contributed by atoms with Gasteiger partial charge in [0.15, 0.2) is 5.13 Å². The number of thiazole rings is 1. The lowest BCUT2D eigenvalue weighted by molar-refractivity contribution is -0.132. The second kappa shape index (κ2) is 9.60. The molecule has 36 heavy (non-hydrogen) atoms. The summed E-state index contributed by atoms with van der Waals surface area (Å²) in [5.74, 6) is -1.29. The van der Waals surface area contributed by atoms with Crippen LogP contribution in [0.25, 0.3) is 16.0 Å². The molecule has 8 heteroatoms. The van der Waals surface area contributed by atoms with E-state index in [9.17, 15) is 14.7 Å². The number of ketones is 1. The second-order valence-corrected chi connectivity index (χ2v) is 9.76. The first-order valence-corrected chi connectivity index (χ1v) is 12.3. The summed E-state index contributed by atoms with van der Waals surface area (Å²) in [7, 11) is 0. The number of aryl methyl sites for hydroxylation is 1. The number of hydrogen-bond donors (Lipinski definition) is 1. The molecule has 0 radical (unpaired) electrons. The van der Waals surface area contributed by atoms with E-state index in [0.717, 1.165) is 15.8 Å². The summed E-state index contributed by atoms with van der Waals surface area (Å²) in [5, 5.41) is 12.1. The number of ether oxygens (including phenoxy) is 1. The van der Waals surface area contributed by atoms with Gasteiger partial charge in [-0.25, -0.2) is 4.98 Å². The fourth-order valence-corrected chi connectivity index (χ4v) is 5.38. The molecule has 6 nitrogen and oxygen atoms in total. The molecule has 2 heterocycles. The maximum atomic E-state index is 13.4. The molecular formula is C28H21ClN2O4S. The van der Waals surface area contributed by atoms with E-state index in [4.69, 9.17) is 16.3 Å². The molecule has 0 saturated carbocycles. The number of carbonyl (C=O) groups excluding carboxylic acids is 2. The standard InChI is InChI=1S/C28H21ClN2O4S/c1-3-13-35-20-6-4-5-18(15-20)24-23(25(32)17-8-10-19(29)11-9-17)26(33)27(34)31(24)28-30-21-12-7-16(2)14-22(21)36-28/h3-12,14-15,24,32H,1,13H2,2H3. The molecule has 1 aliphatic rings. The number of hydrogen-bond acceptors (Lipinski definition) is 6. The van der Waals surface area contributed by atoms with Crippen molar-refractivity contribution in [3.05, 3.63) is 107 Å². The normalized spacial score (nSPS) is 17.1. The van der Waals surface area contributed by atoms with Crippen molar-refractivity contribution in [3.63, 3.8) is 0 Å². The molecule has 4 aromatic rings. The van der Waals surface area contributed by atoms with Gasteiger partial charge in [-0.1, -0.05) is 53.8 Å². The van der Waals surface area contributed by atoms with Crippen molar-refractivity contribution in [1.29, 1.82) is 0 Å². The molecule has 1 aromatic heterocycles. The van der Waals surface area contributed by atoms with Gasteiger partial charge in [-0.2, -0.15) is 0 Å². The smallest absolute Gasteiger partial charge is 0.301 e. The molecule has 1 aliphatic heterocycles. The van der Waals surface area contributed by atoms with Gasteiger partial charge < -0.3 is 9.84 Å². The third-order valence-corrected chi connectivity index (χ3v) is 7.11. The number of aliphatic hydroxyl groups excluding tert-OH is 1. The van der Waals surface area contributed by atoms with E-state index in [2.05, 4.69) is 11.6 Å². The SMILES string of the molecule is C=CCOc1cccc(C2C(=C(O)c3ccc(Cl)cc3)C(=O)C(=O)N2c2nc3ccc(C)cc3s2)c1. The van der Waals surface area contributed by atoms with Gasteiger partial charge in [0.05, 0.1) is 21.8 Å². The van der Waals surface area contributed by atoms with Crippen LogP contribution in [-0.4, -0.2) is 28.4 Å². The van der Waals surface area contributed by atoms with Gasteiger partial charge in [0.1, 0.15) is 18.1 Å². The van der Waals surface area contributed by atoms with Crippen LogP contribution in [-0.2, 0) is 9.59 Å². The number of nitrogens with zero attached hydrogens (tertiary/aromatic N) is 2. The number of fused-ring (bicyclic) bond motifs is 1. The van der Waals surface area contributed by atoms with Crippen LogP contribution < -0.4 is 9.64 Å². The van der Waals surface area contributed by atoms with E-state index in [-0.39, 0.29) is 11.3 Å². The van der Waals surface area contributed by atoms with Crippen LogP contribution in [0.2, 0.25) is 5.02 Å². The molecule has 1 atom stereocenters. The number of amides is 1. The third kappa shape index (κ3) is 4.27. The third-order valence-electron chi connectivity index (χ3n) is 5.84. The average molecular weight is 517 g/mol. The molecule has 1 amide bonds. The summed E-state index contributed by atoms with van der Waals surface area (Å²) < 4.78 is 6.59. The Morgan fingerprint density at radius 3 is 2.69 bits per heavy atom. The Morgan fingerprint density at radius 1 is 1.17 bits per heavy atom. The van der Waals surface area contributed by atoms with Crippen molar-refractivity contribution in [2.24, 2.45) is 0 Å². The van der Waals surface area contributed by atoms with Crippen LogP contribution in [0.3, 0.4) is 0 Å². The van der Waals surface area contributed by atoms with Crippen LogP contribution in [0.1, 0.15) is 22.7 Å². The minimum atomic E-state index is -0.908. The molecular weight excluding hydrogens is 496 g/mol. The van der Waals surface area contributed by atoms with E-state index >= 15 is 0 Å². The fraction of sp³-hybridized carbons (Fsp3) is 0.107. The molecule has 1 unspecified atom stereocenters. The molecule has 0 bridgehead atoms. The van der Waals surface area contributed by atoms with Gasteiger partial charge in [0.2, 0.25) is 0 Å². The molecule has 1 fully saturated rings. The summed E-state index contributed by atoms with van der Waals surface area (Å²) in [6.07, 6.45) is 1.63. The first-order chi connectivity index (χ1) is 17.4. The highest BCUT2D eigenvalue weighted by molar-refractivity contribution is 7.22. The summed E-state index contributed by atoms with van der Waals surface area (Å²) in [6, 6.07) is 18.4. The Bertz CT molecular complexity index is 1540. The van der Waals surface area contributed by atoms with Crippen molar-refractivity contribution in [2.45, 2.75) is 13.0 Å². The van der Waals surface area contributed by atoms with Crippen LogP contribution in [0.4, 0.5) is 5.13 Å². The Hall–Kier alpha value is -3.94. The Kier molecular flexibility index (Phi) is 6.35. The average Bonchev–Trinajstić information content (AvgIpc) is 3.40. The highest BCUT2D eigenvalue weighted by Crippen LogP contribution is 2.45. The van der Waals surface area contributed by atoms with Gasteiger partial charge in [0, 0.05) is 10.6 Å². The van der Waals surface area contributed by atoms with Crippen molar-refractivity contribution in [2.75, 3.05) is 11.5 Å². The molecule has 1 saturated heterocycles. The van der Waals surface area contributed by atoms with Crippen LogP contribution in [0, 0.1) is 6.92 Å². The Balaban J connectivity index is 1.71. The van der Waals surface area contributed by atoms with Gasteiger partial charge in [-0.15, -0.1) is 0 Å². The van der Waals surface area contributed by atoms with Gasteiger partial charge >= 0.3 is 5.91 Å². The van der Waals surface area contributed by atoms with E-state index < -0.39 is 17.7 Å². The Labute approximate surface area is 216 Å². The molecule has 5 rings (SSSR count). The minimum Gasteiger partial charge on any atom is -0.507 e. The summed E-state index contributed by atoms with van der Waals surface area (Å²) in [4.78, 5) is 32.8. The van der Waals surface area contributed by atoms with Gasteiger partial charge in [-0.05, 0) is 66.6 Å². The number of halogens is 1. The topological polar surface area (TPSA) is 79.7 Å². The first-order valence-electron chi connectivity index (χ1n) is 11.1. The predicted octanol–water partition coefficient (Wildman–Crippen LogP) is 6.45. The number of carbonyl (C=O) groups is 2. The van der Waals surface area contributed by atoms with Crippen LogP contribution >= 0.6 is 22.9 Å². The Morgan fingerprint density at radius 2 is 1.94 bits per heavy atom. The predicted molar refractivity (Wildman–Crippen MR) is 143 cm³/mol. The summed E-state index contributed by atoms with van der Waals surface area (Å²) in [5.41, 5.74) is 2.73. The van der Waals surface area contributed by atoms with Crippen LogP contribution in [0.15, 0.2) is 85.0 Å². The number of rotatable bonds is 6. The zero-order chi connectivity index (χ0) is 25.4. The van der Waals surface area contributed by atoms with E-state index in [0.29, 0.717) is 33.6 Å². The molecule has 1 N–H and O–H groups in total. The van der Waals surface area contributed by atoms with E-state index in [1.54, 1.807) is 54.6 Å². The number of aromatic nitrogens is 1. The number of benzene rings is 3. The number of aliphatic hydroxyl groups is 1. The van der Waals surface area contributed by atoms with E-state index in [1.807, 2.05) is 25.1 Å². The lowest BCUT2D eigenvalue weighted by atomic mass is 9.95. The van der Waals surface area contributed by atoms with Gasteiger partial charge in [-0.3, -0.25) is 14.5 Å². The lowest BCUT2D eigenvalue weighted by Gasteiger charge is -2.23. The zero-order valence-electron chi connectivity index (χ0n) is 19.3. The van der Waals surface area contributed by atoms with Crippen molar-refractivity contribution in [3.8, 4) is 5.75 Å². The number of anilines is 1.